The number of hydrogen-bond acceptors (Lipinski definition) is 5. The van der Waals surface area contributed by atoms with Crippen LogP contribution < -0.4 is 10.9 Å². The van der Waals surface area contributed by atoms with Crippen LogP contribution >= 0.6 is 11.8 Å². The lowest BCUT2D eigenvalue weighted by Crippen LogP contribution is -2.34. The Hall–Kier alpha value is -2.02. The number of aromatic nitrogens is 2. The molecule has 1 aliphatic heterocycles. The summed E-state index contributed by atoms with van der Waals surface area (Å²) in [4.78, 5) is 28.7. The van der Waals surface area contributed by atoms with Crippen molar-refractivity contribution in [2.45, 2.75) is 31.6 Å². The molecule has 3 rings (SSSR count). The Balaban J connectivity index is 1.81. The van der Waals surface area contributed by atoms with Gasteiger partial charge in [0.2, 0.25) is 0 Å². The molecule has 0 saturated heterocycles. The number of carbonyl (C=O) groups is 1. The molecule has 0 aromatic carbocycles. The number of furan rings is 1. The summed E-state index contributed by atoms with van der Waals surface area (Å²) >= 11 is 1.52. The Bertz CT molecular complexity index is 750. The van der Waals surface area contributed by atoms with Crippen molar-refractivity contribution >= 4 is 17.7 Å². The first-order valence-electron chi connectivity index (χ1n) is 6.66. The van der Waals surface area contributed by atoms with Crippen molar-refractivity contribution in [2.75, 3.05) is 5.75 Å². The van der Waals surface area contributed by atoms with E-state index in [1.165, 1.54) is 18.0 Å². The number of aryl methyl sites for hydroxylation is 1. The molecule has 3 heterocycles. The normalized spacial score (nSPS) is 14.8. The standard InChI is InChI=1S/C14H15N3O3S/c1-8-3-4-11(20-8)9(2)16-12(18)10-7-15-14-17(13(10)19)5-6-21-14/h3-4,7,9H,5-6H2,1-2H3,(H,16,18). The lowest BCUT2D eigenvalue weighted by molar-refractivity contribution is 0.0932. The smallest absolute Gasteiger partial charge is 0.267 e. The monoisotopic (exact) mass is 305 g/mol. The molecule has 0 bridgehead atoms. The van der Waals surface area contributed by atoms with Gasteiger partial charge in [-0.2, -0.15) is 0 Å². The van der Waals surface area contributed by atoms with Gasteiger partial charge < -0.3 is 9.73 Å². The van der Waals surface area contributed by atoms with E-state index in [2.05, 4.69) is 10.3 Å². The van der Waals surface area contributed by atoms with Gasteiger partial charge in [-0.1, -0.05) is 11.8 Å². The van der Waals surface area contributed by atoms with Gasteiger partial charge in [0.25, 0.3) is 11.5 Å². The average Bonchev–Trinajstić information content (AvgIpc) is 3.07. The molecular formula is C14H15N3O3S. The number of hydrogen-bond donors (Lipinski definition) is 1. The molecular weight excluding hydrogens is 290 g/mol. The van der Waals surface area contributed by atoms with Crippen LogP contribution in [-0.2, 0) is 6.54 Å². The summed E-state index contributed by atoms with van der Waals surface area (Å²) in [5.41, 5.74) is -0.221. The Morgan fingerprint density at radius 3 is 3.05 bits per heavy atom. The Morgan fingerprint density at radius 1 is 1.52 bits per heavy atom. The fourth-order valence-electron chi connectivity index (χ4n) is 2.20. The lowest BCUT2D eigenvalue weighted by Gasteiger charge is -2.11. The van der Waals surface area contributed by atoms with Gasteiger partial charge in [0.1, 0.15) is 17.1 Å². The number of carbonyl (C=O) groups excluding carboxylic acids is 1. The summed E-state index contributed by atoms with van der Waals surface area (Å²) in [5, 5.41) is 3.44. The predicted octanol–water partition coefficient (Wildman–Crippen LogP) is 1.74. The highest BCUT2D eigenvalue weighted by atomic mass is 32.2. The molecule has 1 aliphatic rings. The van der Waals surface area contributed by atoms with Crippen LogP contribution in [0.3, 0.4) is 0 Å². The predicted molar refractivity (Wildman–Crippen MR) is 78.5 cm³/mol. The number of amides is 1. The van der Waals surface area contributed by atoms with Crippen molar-refractivity contribution in [1.29, 1.82) is 0 Å². The number of thioether (sulfide) groups is 1. The molecule has 21 heavy (non-hydrogen) atoms. The van der Waals surface area contributed by atoms with E-state index < -0.39 is 5.91 Å². The van der Waals surface area contributed by atoms with Crippen molar-refractivity contribution in [1.82, 2.24) is 14.9 Å². The van der Waals surface area contributed by atoms with E-state index in [1.54, 1.807) is 4.57 Å². The summed E-state index contributed by atoms with van der Waals surface area (Å²) in [6, 6.07) is 3.34. The molecule has 110 valence electrons. The number of nitrogens with zero attached hydrogens (tertiary/aromatic N) is 2. The third-order valence-corrected chi connectivity index (χ3v) is 4.31. The highest BCUT2D eigenvalue weighted by molar-refractivity contribution is 7.99. The summed E-state index contributed by atoms with van der Waals surface area (Å²) in [5.74, 6) is 1.82. The summed E-state index contributed by atoms with van der Waals surface area (Å²) < 4.78 is 7.01. The summed E-state index contributed by atoms with van der Waals surface area (Å²) in [6.07, 6.45) is 1.35. The second-order valence-electron chi connectivity index (χ2n) is 4.90. The van der Waals surface area contributed by atoms with Gasteiger partial charge in [0, 0.05) is 18.5 Å². The van der Waals surface area contributed by atoms with Gasteiger partial charge in [0.15, 0.2) is 5.16 Å². The first kappa shape index (κ1) is 13.9. The fraction of sp³-hybridized carbons (Fsp3) is 0.357. The maximum atomic E-state index is 12.2. The van der Waals surface area contributed by atoms with Crippen LogP contribution in [0.15, 0.2) is 32.7 Å². The minimum absolute atomic E-state index is 0.0661. The molecule has 0 radical (unpaired) electrons. The van der Waals surface area contributed by atoms with E-state index in [0.717, 1.165) is 11.5 Å². The van der Waals surface area contributed by atoms with Crippen LogP contribution in [-0.4, -0.2) is 21.2 Å². The first-order chi connectivity index (χ1) is 10.1. The van der Waals surface area contributed by atoms with Crippen LogP contribution in [0.2, 0.25) is 0 Å². The van der Waals surface area contributed by atoms with E-state index in [1.807, 2.05) is 26.0 Å². The topological polar surface area (TPSA) is 77.1 Å². The van der Waals surface area contributed by atoms with Crippen LogP contribution in [0, 0.1) is 6.92 Å². The van der Waals surface area contributed by atoms with Crippen LogP contribution in [0.5, 0.6) is 0 Å². The number of rotatable bonds is 3. The number of fused-ring (bicyclic) bond motifs is 1. The highest BCUT2D eigenvalue weighted by Gasteiger charge is 2.21. The van der Waals surface area contributed by atoms with Crippen molar-refractivity contribution in [3.05, 3.63) is 45.8 Å². The molecule has 2 aromatic heterocycles. The molecule has 0 fully saturated rings. The van der Waals surface area contributed by atoms with Gasteiger partial charge in [-0.25, -0.2) is 4.98 Å². The second kappa shape index (κ2) is 5.40. The maximum absolute atomic E-state index is 12.2. The molecule has 1 atom stereocenters. The van der Waals surface area contributed by atoms with Gasteiger partial charge in [0.05, 0.1) is 6.04 Å². The fourth-order valence-corrected chi connectivity index (χ4v) is 3.12. The van der Waals surface area contributed by atoms with E-state index in [-0.39, 0.29) is 17.2 Å². The Kier molecular flexibility index (Phi) is 3.59. The Labute approximate surface area is 125 Å². The molecule has 0 spiro atoms. The average molecular weight is 305 g/mol. The largest absolute Gasteiger partial charge is 0.464 e. The zero-order chi connectivity index (χ0) is 15.0. The van der Waals surface area contributed by atoms with Crippen molar-refractivity contribution < 1.29 is 9.21 Å². The lowest BCUT2D eigenvalue weighted by atomic mass is 10.2. The van der Waals surface area contributed by atoms with Crippen molar-refractivity contribution in [2.24, 2.45) is 0 Å². The van der Waals surface area contributed by atoms with Crippen LogP contribution in [0.25, 0.3) is 0 Å². The molecule has 0 saturated carbocycles. The molecule has 7 heteroatoms. The van der Waals surface area contributed by atoms with Crippen molar-refractivity contribution in [3.8, 4) is 0 Å². The molecule has 6 nitrogen and oxygen atoms in total. The minimum Gasteiger partial charge on any atom is -0.464 e. The molecule has 1 amide bonds. The van der Waals surface area contributed by atoms with Crippen LogP contribution in [0.1, 0.15) is 34.8 Å². The maximum Gasteiger partial charge on any atom is 0.267 e. The van der Waals surface area contributed by atoms with Gasteiger partial charge >= 0.3 is 0 Å². The highest BCUT2D eigenvalue weighted by Crippen LogP contribution is 2.21. The van der Waals surface area contributed by atoms with Gasteiger partial charge in [-0.05, 0) is 26.0 Å². The molecule has 1 unspecified atom stereocenters. The third kappa shape index (κ3) is 2.61. The SMILES string of the molecule is Cc1ccc(C(C)NC(=O)c2cnc3n(c2=O)CCS3)o1. The number of nitrogens with one attached hydrogen (secondary N) is 1. The molecule has 2 aromatic rings. The minimum atomic E-state index is -0.429. The van der Waals surface area contributed by atoms with Crippen molar-refractivity contribution in [3.63, 3.8) is 0 Å². The summed E-state index contributed by atoms with van der Waals surface area (Å²) in [6.45, 7) is 4.25. The zero-order valence-electron chi connectivity index (χ0n) is 11.8. The molecule has 1 N–H and O–H groups in total. The Morgan fingerprint density at radius 2 is 2.33 bits per heavy atom. The molecule has 0 aliphatic carbocycles. The van der Waals surface area contributed by atoms with E-state index >= 15 is 0 Å². The van der Waals surface area contributed by atoms with Gasteiger partial charge in [-0.15, -0.1) is 0 Å². The van der Waals surface area contributed by atoms with Gasteiger partial charge in [-0.3, -0.25) is 14.2 Å². The zero-order valence-corrected chi connectivity index (χ0v) is 12.6. The second-order valence-corrected chi connectivity index (χ2v) is 5.97. The van der Waals surface area contributed by atoms with E-state index in [0.29, 0.717) is 17.5 Å². The summed E-state index contributed by atoms with van der Waals surface area (Å²) in [7, 11) is 0. The van der Waals surface area contributed by atoms with E-state index in [9.17, 15) is 9.59 Å². The first-order valence-corrected chi connectivity index (χ1v) is 7.64. The van der Waals surface area contributed by atoms with E-state index in [4.69, 9.17) is 4.42 Å². The quantitative estimate of drug-likeness (QED) is 0.874. The third-order valence-electron chi connectivity index (χ3n) is 3.34. The van der Waals surface area contributed by atoms with Crippen LogP contribution in [0.4, 0.5) is 0 Å².